The second-order valence-corrected chi connectivity index (χ2v) is 5.72. The number of nitrogens with one attached hydrogen (secondary N) is 1. The van der Waals surface area contributed by atoms with Crippen LogP contribution in [0.25, 0.3) is 0 Å². The average molecular weight is 296 g/mol. The summed E-state index contributed by atoms with van der Waals surface area (Å²) >= 11 is 0. The molecule has 0 aromatic carbocycles. The molecule has 1 aromatic heterocycles. The molecule has 0 amide bonds. The normalized spacial score (nSPS) is 16.2. The molecule has 0 unspecified atom stereocenters. The second-order valence-electron chi connectivity index (χ2n) is 4.05. The van der Waals surface area contributed by atoms with Gasteiger partial charge in [-0.2, -0.15) is 12.7 Å². The summed E-state index contributed by atoms with van der Waals surface area (Å²) in [5, 5.41) is 0. The van der Waals surface area contributed by atoms with Gasteiger partial charge in [0, 0.05) is 24.8 Å². The molecule has 108 valence electrons. The van der Waals surface area contributed by atoms with Crippen molar-refractivity contribution in [3.8, 4) is 11.8 Å². The zero-order valence-electron chi connectivity index (χ0n) is 10.9. The van der Waals surface area contributed by atoms with Crippen LogP contribution in [0.1, 0.15) is 5.56 Å². The lowest BCUT2D eigenvalue weighted by Crippen LogP contribution is -2.43. The largest absolute Gasteiger partial charge is 0.379 e. The standard InChI is InChI=1S/C12H16N4O3S/c13-4-1-2-11-3-5-14-12(10-11)15-20(17,18)16-6-8-19-9-7-16/h3,5,10H,4,6-9,13H2,(H,14,15). The van der Waals surface area contributed by atoms with Crippen LogP contribution in [0.5, 0.6) is 0 Å². The Morgan fingerprint density at radius 3 is 2.90 bits per heavy atom. The molecule has 0 radical (unpaired) electrons. The summed E-state index contributed by atoms with van der Waals surface area (Å²) in [5.74, 6) is 5.77. The first-order valence-electron chi connectivity index (χ1n) is 6.12. The number of anilines is 1. The van der Waals surface area contributed by atoms with Gasteiger partial charge >= 0.3 is 10.2 Å². The fourth-order valence-corrected chi connectivity index (χ4v) is 2.84. The van der Waals surface area contributed by atoms with Crippen LogP contribution in [-0.2, 0) is 14.9 Å². The van der Waals surface area contributed by atoms with Crippen molar-refractivity contribution in [1.82, 2.24) is 9.29 Å². The van der Waals surface area contributed by atoms with Crippen molar-refractivity contribution in [2.45, 2.75) is 0 Å². The van der Waals surface area contributed by atoms with E-state index in [9.17, 15) is 8.42 Å². The number of hydrogen-bond donors (Lipinski definition) is 2. The van der Waals surface area contributed by atoms with E-state index in [1.165, 1.54) is 10.5 Å². The van der Waals surface area contributed by atoms with Crippen molar-refractivity contribution >= 4 is 16.0 Å². The van der Waals surface area contributed by atoms with Crippen LogP contribution >= 0.6 is 0 Å². The first-order valence-corrected chi connectivity index (χ1v) is 7.56. The SMILES string of the molecule is NCC#Cc1ccnc(NS(=O)(=O)N2CCOCC2)c1. The number of hydrogen-bond acceptors (Lipinski definition) is 5. The minimum absolute atomic E-state index is 0.236. The zero-order valence-corrected chi connectivity index (χ0v) is 11.7. The quantitative estimate of drug-likeness (QED) is 0.725. The number of pyridine rings is 1. The van der Waals surface area contributed by atoms with E-state index in [1.54, 1.807) is 12.1 Å². The Morgan fingerprint density at radius 1 is 1.45 bits per heavy atom. The van der Waals surface area contributed by atoms with Crippen LogP contribution in [0.15, 0.2) is 18.3 Å². The van der Waals surface area contributed by atoms with Gasteiger partial charge < -0.3 is 10.5 Å². The third kappa shape index (κ3) is 3.91. The maximum Gasteiger partial charge on any atom is 0.302 e. The summed E-state index contributed by atoms with van der Waals surface area (Å²) in [5.41, 5.74) is 5.95. The lowest BCUT2D eigenvalue weighted by atomic mass is 10.2. The molecule has 3 N–H and O–H groups in total. The molecule has 1 aliphatic heterocycles. The third-order valence-electron chi connectivity index (χ3n) is 2.64. The van der Waals surface area contributed by atoms with Gasteiger partial charge in [0.05, 0.1) is 19.8 Å². The van der Waals surface area contributed by atoms with Gasteiger partial charge in [0.15, 0.2) is 0 Å². The van der Waals surface area contributed by atoms with E-state index in [4.69, 9.17) is 10.5 Å². The minimum Gasteiger partial charge on any atom is -0.379 e. The highest BCUT2D eigenvalue weighted by Crippen LogP contribution is 2.11. The molecule has 7 nitrogen and oxygen atoms in total. The highest BCUT2D eigenvalue weighted by molar-refractivity contribution is 7.90. The van der Waals surface area contributed by atoms with Crippen LogP contribution in [0, 0.1) is 11.8 Å². The van der Waals surface area contributed by atoms with Gasteiger partial charge in [-0.05, 0) is 12.1 Å². The van der Waals surface area contributed by atoms with Crippen LogP contribution in [0.4, 0.5) is 5.82 Å². The highest BCUT2D eigenvalue weighted by atomic mass is 32.2. The number of nitrogens with two attached hydrogens (primary N) is 1. The van der Waals surface area contributed by atoms with E-state index in [2.05, 4.69) is 21.5 Å². The van der Waals surface area contributed by atoms with Crippen molar-refractivity contribution in [3.63, 3.8) is 0 Å². The molecule has 0 atom stereocenters. The Hall–Kier alpha value is -1.66. The molecule has 2 heterocycles. The van der Waals surface area contributed by atoms with Gasteiger partial charge in [-0.25, -0.2) is 4.98 Å². The van der Waals surface area contributed by atoms with E-state index < -0.39 is 10.2 Å². The van der Waals surface area contributed by atoms with E-state index in [0.717, 1.165) is 0 Å². The van der Waals surface area contributed by atoms with Gasteiger partial charge in [0.1, 0.15) is 5.82 Å². The summed E-state index contributed by atoms with van der Waals surface area (Å²) in [4.78, 5) is 3.98. The van der Waals surface area contributed by atoms with Gasteiger partial charge in [-0.3, -0.25) is 4.72 Å². The van der Waals surface area contributed by atoms with Gasteiger partial charge in [0.2, 0.25) is 0 Å². The molecule has 1 fully saturated rings. The number of rotatable bonds is 3. The minimum atomic E-state index is -3.61. The first-order chi connectivity index (χ1) is 9.62. The van der Waals surface area contributed by atoms with Crippen LogP contribution in [0.2, 0.25) is 0 Å². The second kappa shape index (κ2) is 6.67. The Labute approximate surface area is 118 Å². The number of aromatic nitrogens is 1. The fraction of sp³-hybridized carbons (Fsp3) is 0.417. The van der Waals surface area contributed by atoms with Crippen molar-refractivity contribution in [2.24, 2.45) is 5.73 Å². The molecule has 2 rings (SSSR count). The zero-order chi connectivity index (χ0) is 14.4. The molecule has 20 heavy (non-hydrogen) atoms. The Morgan fingerprint density at radius 2 is 2.20 bits per heavy atom. The maximum absolute atomic E-state index is 12.1. The molecule has 8 heteroatoms. The lowest BCUT2D eigenvalue weighted by molar-refractivity contribution is 0.0733. The average Bonchev–Trinajstić information content (AvgIpc) is 2.46. The first kappa shape index (κ1) is 14.7. The number of nitrogens with zero attached hydrogens (tertiary/aromatic N) is 2. The predicted molar refractivity (Wildman–Crippen MR) is 75.1 cm³/mol. The topological polar surface area (TPSA) is 97.5 Å². The Bertz CT molecular complexity index is 615. The monoisotopic (exact) mass is 296 g/mol. The van der Waals surface area contributed by atoms with Crippen molar-refractivity contribution < 1.29 is 13.2 Å². The Balaban J connectivity index is 2.12. The third-order valence-corrected chi connectivity index (χ3v) is 4.15. The van der Waals surface area contributed by atoms with E-state index in [-0.39, 0.29) is 12.4 Å². The Kier molecular flexibility index (Phi) is 4.92. The summed E-state index contributed by atoms with van der Waals surface area (Å²) in [6.45, 7) is 1.72. The maximum atomic E-state index is 12.1. The summed E-state index contributed by atoms with van der Waals surface area (Å²) in [6.07, 6.45) is 1.50. The summed E-state index contributed by atoms with van der Waals surface area (Å²) in [6, 6.07) is 3.26. The highest BCUT2D eigenvalue weighted by Gasteiger charge is 2.24. The smallest absolute Gasteiger partial charge is 0.302 e. The van der Waals surface area contributed by atoms with Crippen molar-refractivity contribution in [3.05, 3.63) is 23.9 Å². The van der Waals surface area contributed by atoms with E-state index in [0.29, 0.717) is 31.9 Å². The van der Waals surface area contributed by atoms with Crippen molar-refractivity contribution in [1.29, 1.82) is 0 Å². The molecule has 1 saturated heterocycles. The summed E-state index contributed by atoms with van der Waals surface area (Å²) < 4.78 is 33.2. The fourth-order valence-electron chi connectivity index (χ4n) is 1.70. The molecule has 0 bridgehead atoms. The van der Waals surface area contributed by atoms with Crippen molar-refractivity contribution in [2.75, 3.05) is 37.6 Å². The van der Waals surface area contributed by atoms with Gasteiger partial charge in [0.25, 0.3) is 0 Å². The summed E-state index contributed by atoms with van der Waals surface area (Å²) in [7, 11) is -3.61. The number of morpholine rings is 1. The predicted octanol–water partition coefficient (Wildman–Crippen LogP) is -0.619. The lowest BCUT2D eigenvalue weighted by Gasteiger charge is -2.26. The molecule has 0 saturated carbocycles. The van der Waals surface area contributed by atoms with Gasteiger partial charge in [-0.1, -0.05) is 11.8 Å². The number of ether oxygens (including phenoxy) is 1. The molecule has 0 aliphatic carbocycles. The molecular formula is C12H16N4O3S. The molecule has 1 aliphatic rings. The van der Waals surface area contributed by atoms with Crippen LogP contribution in [0.3, 0.4) is 0 Å². The van der Waals surface area contributed by atoms with Crippen LogP contribution < -0.4 is 10.5 Å². The molecule has 1 aromatic rings. The molecular weight excluding hydrogens is 280 g/mol. The van der Waals surface area contributed by atoms with E-state index in [1.807, 2.05) is 0 Å². The van der Waals surface area contributed by atoms with Gasteiger partial charge in [-0.15, -0.1) is 0 Å². The van der Waals surface area contributed by atoms with E-state index >= 15 is 0 Å². The molecule has 0 spiro atoms. The van der Waals surface area contributed by atoms with Crippen LogP contribution in [-0.4, -0.2) is 50.6 Å².